The van der Waals surface area contributed by atoms with E-state index in [1.165, 1.54) is 4.68 Å². The highest BCUT2D eigenvalue weighted by Crippen LogP contribution is 2.30. The number of nitrogens with two attached hydrogens (primary N) is 1. The van der Waals surface area contributed by atoms with Gasteiger partial charge in [0.2, 0.25) is 0 Å². The Hall–Kier alpha value is -2.25. The number of nitrogen functional groups attached to an aromatic ring is 1. The van der Waals surface area contributed by atoms with Crippen molar-refractivity contribution in [2.24, 2.45) is 7.05 Å². The van der Waals surface area contributed by atoms with Gasteiger partial charge in [0.05, 0.1) is 11.8 Å². The van der Waals surface area contributed by atoms with Gasteiger partial charge in [-0.1, -0.05) is 0 Å². The number of nitrogens with one attached hydrogen (secondary N) is 1. The monoisotopic (exact) mass is 271 g/mol. The zero-order valence-corrected chi connectivity index (χ0v) is 10.1. The van der Waals surface area contributed by atoms with E-state index in [4.69, 9.17) is 5.73 Å². The molecule has 0 aromatic carbocycles. The highest BCUT2D eigenvalue weighted by Gasteiger charge is 2.30. The lowest BCUT2D eigenvalue weighted by atomic mass is 10.2. The lowest BCUT2D eigenvalue weighted by Crippen LogP contribution is -2.08. The number of hydrogen-bond acceptors (Lipinski definition) is 4. The molecule has 19 heavy (non-hydrogen) atoms. The number of rotatable bonds is 3. The van der Waals surface area contributed by atoms with Crippen molar-refractivity contribution in [3.8, 4) is 0 Å². The Kier molecular flexibility index (Phi) is 3.32. The summed E-state index contributed by atoms with van der Waals surface area (Å²) in [5.74, 6) is 0.595. The van der Waals surface area contributed by atoms with Crippen LogP contribution in [-0.2, 0) is 19.8 Å². The third kappa shape index (κ3) is 2.95. The fraction of sp³-hybridized carbons (Fsp3) is 0.273. The van der Waals surface area contributed by atoms with E-state index in [9.17, 15) is 13.2 Å². The third-order valence-corrected chi connectivity index (χ3v) is 2.61. The van der Waals surface area contributed by atoms with Gasteiger partial charge in [-0.2, -0.15) is 18.3 Å². The van der Waals surface area contributed by atoms with Crippen LogP contribution in [0.1, 0.15) is 11.1 Å². The molecule has 0 bridgehead atoms. The summed E-state index contributed by atoms with van der Waals surface area (Å²) in [5, 5.41) is 6.72. The van der Waals surface area contributed by atoms with Crippen molar-refractivity contribution in [3.63, 3.8) is 0 Å². The Morgan fingerprint density at radius 3 is 2.74 bits per heavy atom. The van der Waals surface area contributed by atoms with Gasteiger partial charge >= 0.3 is 6.18 Å². The summed E-state index contributed by atoms with van der Waals surface area (Å²) in [6.07, 6.45) is -1.72. The Labute approximate surface area is 107 Å². The van der Waals surface area contributed by atoms with Crippen molar-refractivity contribution < 1.29 is 13.2 Å². The van der Waals surface area contributed by atoms with Crippen molar-refractivity contribution in [2.45, 2.75) is 12.7 Å². The van der Waals surface area contributed by atoms with Gasteiger partial charge in [0, 0.05) is 25.4 Å². The average molecular weight is 271 g/mol. The van der Waals surface area contributed by atoms with Crippen molar-refractivity contribution in [3.05, 3.63) is 35.7 Å². The van der Waals surface area contributed by atoms with Crippen LogP contribution in [0.2, 0.25) is 0 Å². The molecule has 2 heterocycles. The first-order valence-electron chi connectivity index (χ1n) is 5.41. The van der Waals surface area contributed by atoms with E-state index >= 15 is 0 Å². The molecule has 0 spiro atoms. The van der Waals surface area contributed by atoms with Crippen LogP contribution in [0.3, 0.4) is 0 Å². The Morgan fingerprint density at radius 1 is 1.42 bits per heavy atom. The fourth-order valence-corrected chi connectivity index (χ4v) is 1.52. The molecule has 0 saturated carbocycles. The summed E-state index contributed by atoms with van der Waals surface area (Å²) >= 11 is 0. The van der Waals surface area contributed by atoms with Crippen molar-refractivity contribution in [1.82, 2.24) is 14.8 Å². The zero-order valence-electron chi connectivity index (χ0n) is 10.1. The van der Waals surface area contributed by atoms with Crippen LogP contribution >= 0.6 is 0 Å². The first-order valence-corrected chi connectivity index (χ1v) is 5.41. The van der Waals surface area contributed by atoms with Crippen LogP contribution < -0.4 is 11.1 Å². The minimum atomic E-state index is -4.38. The van der Waals surface area contributed by atoms with Gasteiger partial charge in [0.1, 0.15) is 11.6 Å². The Bertz CT molecular complexity index is 576. The average Bonchev–Trinajstić information content (AvgIpc) is 2.67. The summed E-state index contributed by atoms with van der Waals surface area (Å²) < 4.78 is 39.0. The topological polar surface area (TPSA) is 68.8 Å². The molecule has 0 aliphatic rings. The zero-order chi connectivity index (χ0) is 14.0. The summed E-state index contributed by atoms with van der Waals surface area (Å²) in [6.45, 7) is 0.258. The first-order chi connectivity index (χ1) is 8.88. The van der Waals surface area contributed by atoms with E-state index in [2.05, 4.69) is 15.4 Å². The minimum absolute atomic E-state index is 0.137. The van der Waals surface area contributed by atoms with Gasteiger partial charge in [-0.15, -0.1) is 0 Å². The molecule has 2 rings (SSSR count). The molecule has 0 atom stereocenters. The molecule has 8 heteroatoms. The number of aryl methyl sites for hydroxylation is 1. The normalized spacial score (nSPS) is 11.6. The lowest BCUT2D eigenvalue weighted by molar-refractivity contribution is -0.137. The number of aromatic nitrogens is 3. The first kappa shape index (κ1) is 13.2. The maximum absolute atomic E-state index is 12.5. The molecule has 0 fully saturated rings. The summed E-state index contributed by atoms with van der Waals surface area (Å²) in [4.78, 5) is 3.83. The van der Waals surface area contributed by atoms with E-state index in [0.717, 1.165) is 18.3 Å². The molecule has 0 amide bonds. The van der Waals surface area contributed by atoms with Crippen LogP contribution in [-0.4, -0.2) is 14.8 Å². The standard InChI is InChI=1S/C11H12F3N5/c1-19-10(15)7(6-18-19)5-17-9-4-8(2-3-16-9)11(12,13)14/h2-4,6H,5,15H2,1H3,(H,16,17). The SMILES string of the molecule is Cn1ncc(CNc2cc(C(F)(F)F)ccn2)c1N. The number of alkyl halides is 3. The van der Waals surface area contributed by atoms with Crippen LogP contribution in [0.5, 0.6) is 0 Å². The minimum Gasteiger partial charge on any atom is -0.384 e. The number of hydrogen-bond donors (Lipinski definition) is 2. The molecular weight excluding hydrogens is 259 g/mol. The van der Waals surface area contributed by atoms with E-state index in [0.29, 0.717) is 11.4 Å². The van der Waals surface area contributed by atoms with Gasteiger partial charge in [-0.3, -0.25) is 4.68 Å². The number of halogens is 3. The fourth-order valence-electron chi connectivity index (χ4n) is 1.52. The number of nitrogens with zero attached hydrogens (tertiary/aromatic N) is 3. The van der Waals surface area contributed by atoms with E-state index in [-0.39, 0.29) is 12.4 Å². The molecule has 5 nitrogen and oxygen atoms in total. The molecule has 2 aromatic rings. The van der Waals surface area contributed by atoms with Gasteiger partial charge in [-0.25, -0.2) is 4.98 Å². The van der Waals surface area contributed by atoms with Crippen molar-refractivity contribution in [1.29, 1.82) is 0 Å². The molecule has 0 radical (unpaired) electrons. The summed E-state index contributed by atoms with van der Waals surface area (Å²) in [6, 6.07) is 1.87. The maximum Gasteiger partial charge on any atom is 0.416 e. The molecule has 0 aliphatic carbocycles. The maximum atomic E-state index is 12.5. The second-order valence-electron chi connectivity index (χ2n) is 3.96. The predicted octanol–water partition coefficient (Wildman–Crippen LogP) is 2.03. The highest BCUT2D eigenvalue weighted by atomic mass is 19.4. The van der Waals surface area contributed by atoms with Crippen molar-refractivity contribution in [2.75, 3.05) is 11.1 Å². The van der Waals surface area contributed by atoms with E-state index in [1.807, 2.05) is 0 Å². The van der Waals surface area contributed by atoms with Crippen LogP contribution in [0.25, 0.3) is 0 Å². The van der Waals surface area contributed by atoms with Crippen LogP contribution in [0, 0.1) is 0 Å². The number of anilines is 2. The van der Waals surface area contributed by atoms with Gasteiger partial charge in [-0.05, 0) is 12.1 Å². The van der Waals surface area contributed by atoms with Crippen molar-refractivity contribution >= 4 is 11.6 Å². The molecular formula is C11H12F3N5. The van der Waals surface area contributed by atoms with Gasteiger partial charge < -0.3 is 11.1 Å². The molecule has 0 saturated heterocycles. The Morgan fingerprint density at radius 2 is 2.16 bits per heavy atom. The van der Waals surface area contributed by atoms with Gasteiger partial charge in [0.15, 0.2) is 0 Å². The summed E-state index contributed by atoms with van der Waals surface area (Å²) in [7, 11) is 1.68. The second-order valence-corrected chi connectivity index (χ2v) is 3.96. The second kappa shape index (κ2) is 4.79. The van der Waals surface area contributed by atoms with E-state index in [1.54, 1.807) is 13.2 Å². The quantitative estimate of drug-likeness (QED) is 0.896. The summed E-state index contributed by atoms with van der Waals surface area (Å²) in [5.41, 5.74) is 5.68. The Balaban J connectivity index is 2.10. The molecule has 3 N–H and O–H groups in total. The molecule has 2 aromatic heterocycles. The van der Waals surface area contributed by atoms with Crippen LogP contribution in [0.15, 0.2) is 24.5 Å². The van der Waals surface area contributed by atoms with Gasteiger partial charge in [0.25, 0.3) is 0 Å². The van der Waals surface area contributed by atoms with Crippen LogP contribution in [0.4, 0.5) is 24.8 Å². The highest BCUT2D eigenvalue weighted by molar-refractivity contribution is 5.44. The third-order valence-electron chi connectivity index (χ3n) is 2.61. The molecule has 0 aliphatic heterocycles. The molecule has 102 valence electrons. The molecule has 0 unspecified atom stereocenters. The number of pyridine rings is 1. The smallest absolute Gasteiger partial charge is 0.384 e. The van der Waals surface area contributed by atoms with E-state index < -0.39 is 11.7 Å². The predicted molar refractivity (Wildman–Crippen MR) is 64.2 cm³/mol. The lowest BCUT2D eigenvalue weighted by Gasteiger charge is -2.09. The largest absolute Gasteiger partial charge is 0.416 e.